The maximum Gasteiger partial charge on any atom is 0.00510 e. The quantitative estimate of drug-likeness (QED) is 0.796. The molecule has 0 saturated carbocycles. The summed E-state index contributed by atoms with van der Waals surface area (Å²) in [7, 11) is 0. The van der Waals surface area contributed by atoms with Gasteiger partial charge < -0.3 is 5.73 Å². The first-order valence-electron chi connectivity index (χ1n) is 6.09. The van der Waals surface area contributed by atoms with Crippen LogP contribution in [-0.2, 0) is 0 Å². The van der Waals surface area contributed by atoms with Gasteiger partial charge in [-0.1, -0.05) is 50.3 Å². The Balaban J connectivity index is 2.83. The Bertz CT molecular complexity index is 323. The zero-order valence-corrected chi connectivity index (χ0v) is 10.6. The monoisotopic (exact) mass is 217 g/mol. The van der Waals surface area contributed by atoms with Crippen molar-refractivity contribution in [2.45, 2.75) is 39.7 Å². The Hall–Kier alpha value is -1.08. The highest BCUT2D eigenvalue weighted by atomic mass is 14.6. The Morgan fingerprint density at radius 2 is 1.81 bits per heavy atom. The lowest BCUT2D eigenvalue weighted by Gasteiger charge is -2.11. The minimum atomic E-state index is 0.221. The fourth-order valence-electron chi connectivity index (χ4n) is 1.70. The van der Waals surface area contributed by atoms with Crippen LogP contribution in [0.1, 0.15) is 39.2 Å². The van der Waals surface area contributed by atoms with Crippen molar-refractivity contribution in [3.8, 4) is 0 Å². The van der Waals surface area contributed by atoms with Gasteiger partial charge in [-0.15, -0.1) is 0 Å². The summed E-state index contributed by atoms with van der Waals surface area (Å²) in [5.74, 6) is 0.701. The molecule has 1 unspecified atom stereocenters. The normalized spacial score (nSPS) is 14.2. The van der Waals surface area contributed by atoms with Crippen molar-refractivity contribution in [2.75, 3.05) is 0 Å². The molecule has 0 aromatic heterocycles. The minimum absolute atomic E-state index is 0.221. The SMILES string of the molecule is CC(C)C/C=C(/CC(C)N)c1ccccc1. The van der Waals surface area contributed by atoms with Gasteiger partial charge in [-0.3, -0.25) is 0 Å². The lowest BCUT2D eigenvalue weighted by molar-refractivity contribution is 0.661. The van der Waals surface area contributed by atoms with Crippen LogP contribution >= 0.6 is 0 Å². The summed E-state index contributed by atoms with van der Waals surface area (Å²) in [5, 5.41) is 0. The van der Waals surface area contributed by atoms with Gasteiger partial charge in [0.05, 0.1) is 0 Å². The van der Waals surface area contributed by atoms with Gasteiger partial charge in [-0.25, -0.2) is 0 Å². The first kappa shape index (κ1) is 13.0. The smallest absolute Gasteiger partial charge is 0.00510 e. The van der Waals surface area contributed by atoms with Crippen molar-refractivity contribution >= 4 is 5.57 Å². The van der Waals surface area contributed by atoms with Crippen LogP contribution in [0.4, 0.5) is 0 Å². The third-order valence-corrected chi connectivity index (χ3v) is 2.52. The van der Waals surface area contributed by atoms with Gasteiger partial charge in [0.15, 0.2) is 0 Å². The van der Waals surface area contributed by atoms with Crippen LogP contribution in [0.25, 0.3) is 5.57 Å². The van der Waals surface area contributed by atoms with Crippen LogP contribution < -0.4 is 5.73 Å². The van der Waals surface area contributed by atoms with Crippen LogP contribution in [0.15, 0.2) is 36.4 Å². The number of hydrogen-bond acceptors (Lipinski definition) is 1. The number of benzene rings is 1. The van der Waals surface area contributed by atoms with E-state index in [1.165, 1.54) is 11.1 Å². The average molecular weight is 217 g/mol. The molecule has 1 nitrogen and oxygen atoms in total. The molecule has 0 aliphatic heterocycles. The highest BCUT2D eigenvalue weighted by Gasteiger charge is 2.04. The molecule has 1 aromatic rings. The molecule has 0 heterocycles. The van der Waals surface area contributed by atoms with Crippen LogP contribution in [0.3, 0.4) is 0 Å². The van der Waals surface area contributed by atoms with Gasteiger partial charge in [-0.05, 0) is 36.8 Å². The molecule has 1 rings (SSSR count). The molecule has 0 saturated heterocycles. The summed E-state index contributed by atoms with van der Waals surface area (Å²) in [5.41, 5.74) is 8.58. The first-order valence-corrected chi connectivity index (χ1v) is 6.09. The first-order chi connectivity index (χ1) is 7.59. The number of hydrogen-bond donors (Lipinski definition) is 1. The number of nitrogens with two attached hydrogens (primary N) is 1. The molecule has 1 aromatic carbocycles. The fourth-order valence-corrected chi connectivity index (χ4v) is 1.70. The molecule has 0 aliphatic carbocycles. The average Bonchev–Trinajstić information content (AvgIpc) is 2.25. The summed E-state index contributed by atoms with van der Waals surface area (Å²) < 4.78 is 0. The molecule has 1 atom stereocenters. The molecule has 0 spiro atoms. The summed E-state index contributed by atoms with van der Waals surface area (Å²) >= 11 is 0. The van der Waals surface area contributed by atoms with E-state index in [1.54, 1.807) is 0 Å². The Kier molecular flexibility index (Phi) is 5.27. The van der Waals surface area contributed by atoms with Crippen LogP contribution in [0.2, 0.25) is 0 Å². The third kappa shape index (κ3) is 4.63. The molecule has 16 heavy (non-hydrogen) atoms. The second kappa shape index (κ2) is 6.49. The van der Waals surface area contributed by atoms with E-state index in [4.69, 9.17) is 5.73 Å². The highest BCUT2D eigenvalue weighted by molar-refractivity contribution is 5.65. The number of rotatable bonds is 5. The summed E-state index contributed by atoms with van der Waals surface area (Å²) in [4.78, 5) is 0. The third-order valence-electron chi connectivity index (χ3n) is 2.52. The van der Waals surface area contributed by atoms with Gasteiger partial charge >= 0.3 is 0 Å². The molecule has 0 fully saturated rings. The molecule has 2 N–H and O–H groups in total. The maximum atomic E-state index is 5.90. The van der Waals surface area contributed by atoms with Crippen molar-refractivity contribution < 1.29 is 0 Å². The maximum absolute atomic E-state index is 5.90. The molecule has 1 heteroatoms. The van der Waals surface area contributed by atoms with Crippen molar-refractivity contribution in [3.05, 3.63) is 42.0 Å². The van der Waals surface area contributed by atoms with Crippen molar-refractivity contribution in [3.63, 3.8) is 0 Å². The van der Waals surface area contributed by atoms with E-state index < -0.39 is 0 Å². The Morgan fingerprint density at radius 1 is 1.19 bits per heavy atom. The Labute approximate surface area is 99.4 Å². The van der Waals surface area contributed by atoms with E-state index in [1.807, 2.05) is 0 Å². The zero-order chi connectivity index (χ0) is 12.0. The topological polar surface area (TPSA) is 26.0 Å². The molecule has 0 radical (unpaired) electrons. The summed E-state index contributed by atoms with van der Waals surface area (Å²) in [6.45, 7) is 6.54. The Morgan fingerprint density at radius 3 is 2.31 bits per heavy atom. The largest absolute Gasteiger partial charge is 0.328 e. The molecule has 0 amide bonds. The fraction of sp³-hybridized carbons (Fsp3) is 0.467. The lowest BCUT2D eigenvalue weighted by atomic mass is 9.96. The predicted molar refractivity (Wildman–Crippen MR) is 72.1 cm³/mol. The second-order valence-electron chi connectivity index (χ2n) is 4.91. The van der Waals surface area contributed by atoms with E-state index in [0.717, 1.165) is 12.8 Å². The molecule has 88 valence electrons. The van der Waals surface area contributed by atoms with Gasteiger partial charge in [0.1, 0.15) is 0 Å². The van der Waals surface area contributed by atoms with Gasteiger partial charge in [-0.2, -0.15) is 0 Å². The molecular weight excluding hydrogens is 194 g/mol. The summed E-state index contributed by atoms with van der Waals surface area (Å²) in [6.07, 6.45) is 4.41. The molecular formula is C15H23N. The second-order valence-corrected chi connectivity index (χ2v) is 4.91. The predicted octanol–water partition coefficient (Wildman–Crippen LogP) is 3.85. The lowest BCUT2D eigenvalue weighted by Crippen LogP contribution is -2.15. The standard InChI is InChI=1S/C15H23N/c1-12(2)9-10-15(11-13(3)16)14-7-5-4-6-8-14/h4-8,10,12-13H,9,11,16H2,1-3H3/b15-10-. The van der Waals surface area contributed by atoms with Crippen LogP contribution in [-0.4, -0.2) is 6.04 Å². The van der Waals surface area contributed by atoms with E-state index in [-0.39, 0.29) is 6.04 Å². The van der Waals surface area contributed by atoms with Gasteiger partial charge in [0.2, 0.25) is 0 Å². The summed E-state index contributed by atoms with van der Waals surface area (Å²) in [6, 6.07) is 10.8. The van der Waals surface area contributed by atoms with Crippen molar-refractivity contribution in [2.24, 2.45) is 11.7 Å². The molecule has 0 bridgehead atoms. The van der Waals surface area contributed by atoms with Crippen molar-refractivity contribution in [1.82, 2.24) is 0 Å². The molecule has 0 aliphatic rings. The van der Waals surface area contributed by atoms with Gasteiger partial charge in [0, 0.05) is 6.04 Å². The van der Waals surface area contributed by atoms with E-state index >= 15 is 0 Å². The van der Waals surface area contributed by atoms with E-state index in [0.29, 0.717) is 5.92 Å². The number of allylic oxidation sites excluding steroid dienone is 1. The van der Waals surface area contributed by atoms with Gasteiger partial charge in [0.25, 0.3) is 0 Å². The van der Waals surface area contributed by atoms with Crippen LogP contribution in [0.5, 0.6) is 0 Å². The van der Waals surface area contributed by atoms with Crippen LogP contribution in [0, 0.1) is 5.92 Å². The van der Waals surface area contributed by atoms with Crippen molar-refractivity contribution in [1.29, 1.82) is 0 Å². The zero-order valence-electron chi connectivity index (χ0n) is 10.6. The highest BCUT2D eigenvalue weighted by Crippen LogP contribution is 2.21. The minimum Gasteiger partial charge on any atom is -0.328 e. The van der Waals surface area contributed by atoms with E-state index in [9.17, 15) is 0 Å². The van der Waals surface area contributed by atoms with E-state index in [2.05, 4.69) is 57.2 Å².